The van der Waals surface area contributed by atoms with Gasteiger partial charge < -0.3 is 15.0 Å². The van der Waals surface area contributed by atoms with E-state index in [0.717, 1.165) is 49.8 Å². The first-order valence-electron chi connectivity index (χ1n) is 9.99. The highest BCUT2D eigenvalue weighted by atomic mass is 32.2. The minimum absolute atomic E-state index is 0.171. The number of benzene rings is 1. The Kier molecular flexibility index (Phi) is 9.32. The summed E-state index contributed by atoms with van der Waals surface area (Å²) in [6.45, 7) is 7.25. The summed E-state index contributed by atoms with van der Waals surface area (Å²) < 4.78 is 28.1. The largest absolute Gasteiger partial charge is 0.466 e. The maximum atomic E-state index is 11.6. The lowest BCUT2D eigenvalue weighted by Crippen LogP contribution is -2.42. The van der Waals surface area contributed by atoms with Gasteiger partial charge >= 0.3 is 5.97 Å². The summed E-state index contributed by atoms with van der Waals surface area (Å²) in [5.41, 5.74) is 1.10. The van der Waals surface area contributed by atoms with Crippen LogP contribution >= 0.6 is 12.2 Å². The predicted molar refractivity (Wildman–Crippen MR) is 117 cm³/mol. The molecule has 1 saturated heterocycles. The minimum Gasteiger partial charge on any atom is -0.466 e. The Bertz CT molecular complexity index is 781. The van der Waals surface area contributed by atoms with Gasteiger partial charge in [0.25, 0.3) is 0 Å². The van der Waals surface area contributed by atoms with Gasteiger partial charge in [0.1, 0.15) is 0 Å². The van der Waals surface area contributed by atoms with Crippen molar-refractivity contribution >= 4 is 33.1 Å². The molecule has 2 rings (SSSR count). The van der Waals surface area contributed by atoms with Crippen molar-refractivity contribution in [2.75, 3.05) is 45.6 Å². The minimum atomic E-state index is -3.16. The van der Waals surface area contributed by atoms with Gasteiger partial charge in [0.05, 0.1) is 11.5 Å². The Morgan fingerprint density at radius 2 is 1.90 bits per heavy atom. The number of nitrogens with zero attached hydrogens (tertiary/aromatic N) is 2. The van der Waals surface area contributed by atoms with Gasteiger partial charge in [0.2, 0.25) is 0 Å². The molecule has 1 aliphatic heterocycles. The molecule has 0 atom stereocenters. The third kappa shape index (κ3) is 8.28. The molecule has 0 aromatic heterocycles. The average Bonchev–Trinajstić information content (AvgIpc) is 2.91. The molecule has 0 bridgehead atoms. The van der Waals surface area contributed by atoms with Crippen LogP contribution in [-0.4, -0.2) is 74.9 Å². The van der Waals surface area contributed by atoms with Crippen LogP contribution in [0.5, 0.6) is 0 Å². The SMILES string of the molecule is CCOC(=O)CCCNC(=S)N1CCCN(Cc2ccc(S(C)(=O)=O)cc2)CC1. The molecule has 0 saturated carbocycles. The number of thiocarbonyl (C=S) groups is 1. The summed E-state index contributed by atoms with van der Waals surface area (Å²) in [7, 11) is -3.16. The summed E-state index contributed by atoms with van der Waals surface area (Å²) in [4.78, 5) is 16.2. The average molecular weight is 442 g/mol. The molecule has 1 fully saturated rings. The van der Waals surface area contributed by atoms with E-state index in [1.54, 1.807) is 19.1 Å². The third-order valence-corrected chi connectivity index (χ3v) is 6.30. The number of sulfone groups is 1. The maximum absolute atomic E-state index is 11.6. The topological polar surface area (TPSA) is 79.0 Å². The number of carbonyl (C=O) groups excluding carboxylic acids is 1. The van der Waals surface area contributed by atoms with E-state index >= 15 is 0 Å². The smallest absolute Gasteiger partial charge is 0.305 e. The monoisotopic (exact) mass is 441 g/mol. The second-order valence-corrected chi connectivity index (χ2v) is 9.58. The van der Waals surface area contributed by atoms with Crippen molar-refractivity contribution in [3.05, 3.63) is 29.8 Å². The van der Waals surface area contributed by atoms with E-state index in [-0.39, 0.29) is 5.97 Å². The van der Waals surface area contributed by atoms with Crippen molar-refractivity contribution in [1.82, 2.24) is 15.1 Å². The van der Waals surface area contributed by atoms with Crippen LogP contribution in [0.4, 0.5) is 0 Å². The van der Waals surface area contributed by atoms with E-state index in [0.29, 0.717) is 30.9 Å². The number of hydrogen-bond donors (Lipinski definition) is 1. The van der Waals surface area contributed by atoms with E-state index in [2.05, 4.69) is 15.1 Å². The fourth-order valence-corrected chi connectivity index (χ4v) is 4.12. The number of rotatable bonds is 8. The van der Waals surface area contributed by atoms with Crippen LogP contribution in [0.15, 0.2) is 29.2 Å². The molecular formula is C20H31N3O4S2. The van der Waals surface area contributed by atoms with Crippen LogP contribution in [-0.2, 0) is 25.9 Å². The van der Waals surface area contributed by atoms with Crippen LogP contribution in [0.2, 0.25) is 0 Å². The number of nitrogens with one attached hydrogen (secondary N) is 1. The zero-order valence-corrected chi connectivity index (χ0v) is 18.9. The first-order chi connectivity index (χ1) is 13.8. The Hall–Kier alpha value is -1.71. The van der Waals surface area contributed by atoms with Gasteiger partial charge in [0, 0.05) is 51.9 Å². The normalized spacial score (nSPS) is 15.6. The van der Waals surface area contributed by atoms with Gasteiger partial charge in [-0.05, 0) is 49.7 Å². The summed E-state index contributed by atoms with van der Waals surface area (Å²) in [6, 6.07) is 7.11. The molecule has 1 aromatic carbocycles. The Balaban J connectivity index is 1.75. The van der Waals surface area contributed by atoms with Gasteiger partial charge in [-0.15, -0.1) is 0 Å². The van der Waals surface area contributed by atoms with Crippen molar-refractivity contribution in [2.24, 2.45) is 0 Å². The quantitative estimate of drug-likeness (QED) is 0.372. The van der Waals surface area contributed by atoms with Gasteiger partial charge in [-0.2, -0.15) is 0 Å². The van der Waals surface area contributed by atoms with Gasteiger partial charge in [-0.1, -0.05) is 12.1 Å². The fourth-order valence-electron chi connectivity index (χ4n) is 3.21. The molecule has 0 unspecified atom stereocenters. The van der Waals surface area contributed by atoms with Crippen molar-refractivity contribution in [3.8, 4) is 0 Å². The van der Waals surface area contributed by atoms with Crippen molar-refractivity contribution < 1.29 is 17.9 Å². The van der Waals surface area contributed by atoms with Gasteiger partial charge in [0.15, 0.2) is 14.9 Å². The lowest BCUT2D eigenvalue weighted by molar-refractivity contribution is -0.143. The van der Waals surface area contributed by atoms with Gasteiger partial charge in [-0.25, -0.2) is 8.42 Å². The highest BCUT2D eigenvalue weighted by Gasteiger charge is 2.17. The standard InChI is InChI=1S/C20H31N3O4S2/c1-3-27-19(24)6-4-11-21-20(28)23-13-5-12-22(14-15-23)16-17-7-9-18(10-8-17)29(2,25)26/h7-10H,3-6,11-16H2,1-2H3,(H,21,28). The van der Waals surface area contributed by atoms with E-state index in [1.165, 1.54) is 6.26 Å². The Morgan fingerprint density at radius 3 is 2.55 bits per heavy atom. The predicted octanol–water partition coefficient (Wildman–Crippen LogP) is 1.82. The van der Waals surface area contributed by atoms with Crippen LogP contribution < -0.4 is 5.32 Å². The summed E-state index contributed by atoms with van der Waals surface area (Å²) in [6.07, 6.45) is 3.32. The molecule has 7 nitrogen and oxygen atoms in total. The lowest BCUT2D eigenvalue weighted by Gasteiger charge is -2.24. The van der Waals surface area contributed by atoms with Gasteiger partial charge in [-0.3, -0.25) is 9.69 Å². The number of esters is 1. The molecule has 1 heterocycles. The third-order valence-electron chi connectivity index (χ3n) is 4.77. The Labute approximate surface area is 179 Å². The molecular weight excluding hydrogens is 410 g/mol. The second kappa shape index (κ2) is 11.5. The molecule has 0 radical (unpaired) electrons. The van der Waals surface area contributed by atoms with E-state index < -0.39 is 9.84 Å². The van der Waals surface area contributed by atoms with Crippen LogP contribution in [0, 0.1) is 0 Å². The highest BCUT2D eigenvalue weighted by molar-refractivity contribution is 7.90. The molecule has 1 aliphatic rings. The van der Waals surface area contributed by atoms with E-state index in [9.17, 15) is 13.2 Å². The molecule has 1 aromatic rings. The van der Waals surface area contributed by atoms with Crippen LogP contribution in [0.1, 0.15) is 31.7 Å². The van der Waals surface area contributed by atoms with Crippen LogP contribution in [0.3, 0.4) is 0 Å². The van der Waals surface area contributed by atoms with Crippen LogP contribution in [0.25, 0.3) is 0 Å². The zero-order valence-electron chi connectivity index (χ0n) is 17.2. The fraction of sp³-hybridized carbons (Fsp3) is 0.600. The first kappa shape index (κ1) is 23.6. The number of carbonyl (C=O) groups is 1. The van der Waals surface area contributed by atoms with Crippen molar-refractivity contribution in [1.29, 1.82) is 0 Å². The van der Waals surface area contributed by atoms with Crippen molar-refractivity contribution in [2.45, 2.75) is 37.6 Å². The molecule has 29 heavy (non-hydrogen) atoms. The van der Waals surface area contributed by atoms with E-state index in [1.807, 2.05) is 12.1 Å². The highest BCUT2D eigenvalue weighted by Crippen LogP contribution is 2.13. The molecule has 0 amide bonds. The molecule has 1 N–H and O–H groups in total. The van der Waals surface area contributed by atoms with Crippen molar-refractivity contribution in [3.63, 3.8) is 0 Å². The molecule has 0 spiro atoms. The van der Waals surface area contributed by atoms with E-state index in [4.69, 9.17) is 17.0 Å². The zero-order chi connectivity index (χ0) is 21.3. The summed E-state index contributed by atoms with van der Waals surface area (Å²) in [5.74, 6) is -0.171. The lowest BCUT2D eigenvalue weighted by atomic mass is 10.2. The first-order valence-corrected chi connectivity index (χ1v) is 12.3. The maximum Gasteiger partial charge on any atom is 0.305 e. The number of ether oxygens (including phenoxy) is 1. The molecule has 162 valence electrons. The molecule has 9 heteroatoms. The summed E-state index contributed by atoms with van der Waals surface area (Å²) in [5, 5.41) is 3.97. The molecule has 0 aliphatic carbocycles. The Morgan fingerprint density at radius 1 is 1.17 bits per heavy atom. The summed E-state index contributed by atoms with van der Waals surface area (Å²) >= 11 is 5.51. The number of hydrogen-bond acceptors (Lipinski definition) is 6. The second-order valence-electron chi connectivity index (χ2n) is 7.17.